The van der Waals surface area contributed by atoms with Gasteiger partial charge in [-0.1, -0.05) is 17.3 Å². The number of amides is 2. The van der Waals surface area contributed by atoms with Crippen molar-refractivity contribution in [3.63, 3.8) is 0 Å². The van der Waals surface area contributed by atoms with E-state index in [1.165, 1.54) is 0 Å². The van der Waals surface area contributed by atoms with Gasteiger partial charge in [-0.05, 0) is 57.2 Å². The summed E-state index contributed by atoms with van der Waals surface area (Å²) in [7, 11) is 1.62. The molecule has 3 rings (SSSR count). The number of ether oxygens (including phenoxy) is 1. The van der Waals surface area contributed by atoms with Crippen molar-refractivity contribution in [3.8, 4) is 5.75 Å². The summed E-state index contributed by atoms with van der Waals surface area (Å²) in [6.45, 7) is 5.22. The van der Waals surface area contributed by atoms with Gasteiger partial charge in [0.25, 0.3) is 5.91 Å². The molecule has 1 fully saturated rings. The van der Waals surface area contributed by atoms with Crippen molar-refractivity contribution in [2.45, 2.75) is 58.0 Å². The molecule has 1 N–H and O–H groups in total. The summed E-state index contributed by atoms with van der Waals surface area (Å²) >= 11 is 0. The number of nitrogens with zero attached hydrogens (tertiary/aromatic N) is 4. The molecule has 2 amide bonds. The fourth-order valence-electron chi connectivity index (χ4n) is 3.96. The molecule has 1 saturated carbocycles. The van der Waals surface area contributed by atoms with Crippen LogP contribution in [0.3, 0.4) is 0 Å². The average molecular weight is 414 g/mol. The second-order valence-corrected chi connectivity index (χ2v) is 7.66. The zero-order valence-corrected chi connectivity index (χ0v) is 18.0. The van der Waals surface area contributed by atoms with Crippen LogP contribution in [0.2, 0.25) is 0 Å². The van der Waals surface area contributed by atoms with Crippen molar-refractivity contribution >= 4 is 11.8 Å². The molecule has 1 aliphatic rings. The van der Waals surface area contributed by atoms with Crippen molar-refractivity contribution in [2.75, 3.05) is 20.2 Å². The van der Waals surface area contributed by atoms with E-state index in [0.717, 1.165) is 37.0 Å². The predicted octanol–water partition coefficient (Wildman–Crippen LogP) is 2.61. The Morgan fingerprint density at radius 3 is 2.60 bits per heavy atom. The first-order chi connectivity index (χ1) is 14.5. The summed E-state index contributed by atoms with van der Waals surface area (Å²) in [5.41, 5.74) is 1.33. The lowest BCUT2D eigenvalue weighted by Gasteiger charge is -2.29. The molecule has 0 spiro atoms. The van der Waals surface area contributed by atoms with Crippen LogP contribution in [0, 0.1) is 0 Å². The fraction of sp³-hybridized carbons (Fsp3) is 0.545. The van der Waals surface area contributed by atoms with E-state index in [-0.39, 0.29) is 23.9 Å². The second kappa shape index (κ2) is 10.2. The highest BCUT2D eigenvalue weighted by molar-refractivity contribution is 5.91. The Balaban J connectivity index is 1.49. The SMILES string of the molecule is CCN(CC)C(=O)c1cn(C2CCC(NC(=O)Cc3cccc(OC)c3)CC2)nn1. The molecular weight excluding hydrogens is 382 g/mol. The van der Waals surface area contributed by atoms with Gasteiger partial charge in [0.1, 0.15) is 5.75 Å². The summed E-state index contributed by atoms with van der Waals surface area (Å²) in [6.07, 6.45) is 5.66. The molecule has 0 saturated heterocycles. The van der Waals surface area contributed by atoms with Gasteiger partial charge in [0.05, 0.1) is 25.8 Å². The zero-order chi connectivity index (χ0) is 21.5. The van der Waals surface area contributed by atoms with Crippen molar-refractivity contribution in [1.29, 1.82) is 0 Å². The molecule has 162 valence electrons. The van der Waals surface area contributed by atoms with Gasteiger partial charge in [0, 0.05) is 19.1 Å². The number of hydrogen-bond donors (Lipinski definition) is 1. The molecule has 0 bridgehead atoms. The van der Waals surface area contributed by atoms with Gasteiger partial charge in [-0.2, -0.15) is 0 Å². The van der Waals surface area contributed by atoms with E-state index in [1.54, 1.807) is 18.2 Å². The van der Waals surface area contributed by atoms with Gasteiger partial charge in [-0.25, -0.2) is 4.68 Å². The van der Waals surface area contributed by atoms with Crippen molar-refractivity contribution in [3.05, 3.63) is 41.7 Å². The Morgan fingerprint density at radius 1 is 1.20 bits per heavy atom. The van der Waals surface area contributed by atoms with Crippen LogP contribution in [-0.4, -0.2) is 57.9 Å². The van der Waals surface area contributed by atoms with Crippen LogP contribution in [0.1, 0.15) is 61.6 Å². The van der Waals surface area contributed by atoms with Gasteiger partial charge in [-0.3, -0.25) is 9.59 Å². The number of hydrogen-bond acceptors (Lipinski definition) is 5. The maximum atomic E-state index is 12.4. The van der Waals surface area contributed by atoms with Crippen LogP contribution in [0.5, 0.6) is 5.75 Å². The third kappa shape index (κ3) is 5.37. The van der Waals surface area contributed by atoms with Gasteiger partial charge < -0.3 is 15.0 Å². The maximum Gasteiger partial charge on any atom is 0.276 e. The van der Waals surface area contributed by atoms with Crippen molar-refractivity contribution < 1.29 is 14.3 Å². The van der Waals surface area contributed by atoms with E-state index >= 15 is 0 Å². The minimum absolute atomic E-state index is 0.0274. The first-order valence-corrected chi connectivity index (χ1v) is 10.7. The van der Waals surface area contributed by atoms with E-state index in [2.05, 4.69) is 15.6 Å². The quantitative estimate of drug-likeness (QED) is 0.719. The van der Waals surface area contributed by atoms with Crippen LogP contribution >= 0.6 is 0 Å². The number of benzene rings is 1. The normalized spacial score (nSPS) is 18.6. The Kier molecular flexibility index (Phi) is 7.43. The molecular formula is C22H31N5O3. The third-order valence-electron chi connectivity index (χ3n) is 5.71. The van der Waals surface area contributed by atoms with Crippen LogP contribution in [-0.2, 0) is 11.2 Å². The van der Waals surface area contributed by atoms with Crippen molar-refractivity contribution in [1.82, 2.24) is 25.2 Å². The maximum absolute atomic E-state index is 12.4. The predicted molar refractivity (Wildman–Crippen MR) is 113 cm³/mol. The van der Waals surface area contributed by atoms with Crippen LogP contribution in [0.25, 0.3) is 0 Å². The molecule has 30 heavy (non-hydrogen) atoms. The molecule has 1 aromatic heterocycles. The summed E-state index contributed by atoms with van der Waals surface area (Å²) in [5, 5.41) is 11.4. The third-order valence-corrected chi connectivity index (χ3v) is 5.71. The highest BCUT2D eigenvalue weighted by Crippen LogP contribution is 2.28. The smallest absolute Gasteiger partial charge is 0.276 e. The number of methoxy groups -OCH3 is 1. The molecule has 1 aromatic carbocycles. The minimum Gasteiger partial charge on any atom is -0.497 e. The fourth-order valence-corrected chi connectivity index (χ4v) is 3.96. The molecule has 1 heterocycles. The average Bonchev–Trinajstić information content (AvgIpc) is 3.25. The number of nitrogens with one attached hydrogen (secondary N) is 1. The monoisotopic (exact) mass is 413 g/mol. The lowest BCUT2D eigenvalue weighted by atomic mass is 9.91. The van der Waals surface area contributed by atoms with E-state index in [4.69, 9.17) is 4.74 Å². The van der Waals surface area contributed by atoms with E-state index < -0.39 is 0 Å². The molecule has 0 atom stereocenters. The molecule has 0 unspecified atom stereocenters. The first kappa shape index (κ1) is 21.8. The van der Waals surface area contributed by atoms with Gasteiger partial charge in [-0.15, -0.1) is 5.10 Å². The van der Waals surface area contributed by atoms with E-state index in [9.17, 15) is 9.59 Å². The van der Waals surface area contributed by atoms with Crippen LogP contribution < -0.4 is 10.1 Å². The lowest BCUT2D eigenvalue weighted by molar-refractivity contribution is -0.121. The Labute approximate surface area is 177 Å². The van der Waals surface area contributed by atoms with Gasteiger partial charge in [0.15, 0.2) is 5.69 Å². The molecule has 1 aliphatic carbocycles. The Morgan fingerprint density at radius 2 is 1.93 bits per heavy atom. The molecule has 8 nitrogen and oxygen atoms in total. The van der Waals surface area contributed by atoms with Crippen molar-refractivity contribution in [2.24, 2.45) is 0 Å². The van der Waals surface area contributed by atoms with E-state index in [0.29, 0.717) is 25.2 Å². The zero-order valence-electron chi connectivity index (χ0n) is 18.0. The summed E-state index contributed by atoms with van der Waals surface area (Å²) < 4.78 is 7.02. The Hall–Kier alpha value is -2.90. The highest BCUT2D eigenvalue weighted by atomic mass is 16.5. The van der Waals surface area contributed by atoms with Crippen LogP contribution in [0.4, 0.5) is 0 Å². The number of aromatic nitrogens is 3. The number of rotatable bonds is 8. The molecule has 8 heteroatoms. The first-order valence-electron chi connectivity index (χ1n) is 10.7. The molecule has 0 aliphatic heterocycles. The Bertz CT molecular complexity index is 854. The molecule has 0 radical (unpaired) electrons. The minimum atomic E-state index is -0.0789. The van der Waals surface area contributed by atoms with Gasteiger partial charge >= 0.3 is 0 Å². The number of carbonyl (C=O) groups is 2. The topological polar surface area (TPSA) is 89.4 Å². The summed E-state index contributed by atoms with van der Waals surface area (Å²) in [4.78, 5) is 26.6. The lowest BCUT2D eigenvalue weighted by Crippen LogP contribution is -2.38. The van der Waals surface area contributed by atoms with Gasteiger partial charge in [0.2, 0.25) is 5.91 Å². The second-order valence-electron chi connectivity index (χ2n) is 7.66. The summed E-state index contributed by atoms with van der Waals surface area (Å²) in [6, 6.07) is 7.96. The van der Waals surface area contributed by atoms with Crippen LogP contribution in [0.15, 0.2) is 30.5 Å². The largest absolute Gasteiger partial charge is 0.497 e. The summed E-state index contributed by atoms with van der Waals surface area (Å²) in [5.74, 6) is 0.705. The molecule has 2 aromatic rings. The highest BCUT2D eigenvalue weighted by Gasteiger charge is 2.25. The van der Waals surface area contributed by atoms with E-state index in [1.807, 2.05) is 42.8 Å². The number of carbonyl (C=O) groups excluding carboxylic acids is 2. The standard InChI is InChI=1S/C22H31N5O3/c1-4-26(5-2)22(29)20-15-27(25-24-20)18-11-9-17(10-12-18)23-21(28)14-16-7-6-8-19(13-16)30-3/h6-8,13,15,17-18H,4-5,9-12,14H2,1-3H3,(H,23,28).